The first kappa shape index (κ1) is 51.6. The zero-order valence-corrected chi connectivity index (χ0v) is 44.9. The number of nitrogen functional groups attached to an aromatic ring is 2. The molecule has 4 fully saturated rings. The molecule has 406 valence electrons. The largest absolute Gasteiger partial charge is 0.457 e. The highest BCUT2D eigenvalue weighted by Crippen LogP contribution is 2.41. The number of ether oxygens (including phenoxy) is 2. The molecule has 2 aliphatic carbocycles. The number of para-hydroxylation sites is 2. The maximum atomic E-state index is 11.4. The van der Waals surface area contributed by atoms with Crippen molar-refractivity contribution in [1.29, 1.82) is 0 Å². The summed E-state index contributed by atoms with van der Waals surface area (Å²) in [7, 11) is 4.41. The van der Waals surface area contributed by atoms with Crippen LogP contribution in [0, 0.1) is 0 Å². The van der Waals surface area contributed by atoms with Crippen molar-refractivity contribution in [3.8, 4) is 56.9 Å². The molecule has 0 amide bonds. The van der Waals surface area contributed by atoms with E-state index in [0.717, 1.165) is 159 Å². The van der Waals surface area contributed by atoms with Gasteiger partial charge >= 0.3 is 0 Å². The fourth-order valence-corrected chi connectivity index (χ4v) is 12.1. The van der Waals surface area contributed by atoms with Gasteiger partial charge in [0, 0.05) is 88.0 Å². The van der Waals surface area contributed by atoms with Gasteiger partial charge in [0.15, 0.2) is 17.6 Å². The maximum absolute atomic E-state index is 11.4. The van der Waals surface area contributed by atoms with Gasteiger partial charge in [-0.15, -0.1) is 0 Å². The quantitative estimate of drug-likeness (QED) is 0.0971. The van der Waals surface area contributed by atoms with Crippen LogP contribution in [0.3, 0.4) is 0 Å². The van der Waals surface area contributed by atoms with Crippen LogP contribution in [0.1, 0.15) is 73.8 Å². The Hall–Kier alpha value is -8.10. The summed E-state index contributed by atoms with van der Waals surface area (Å²) >= 11 is 0. The molecule has 0 atom stereocenters. The van der Waals surface area contributed by atoms with Crippen molar-refractivity contribution < 1.29 is 14.3 Å². The first-order valence-electron chi connectivity index (χ1n) is 27.8. The van der Waals surface area contributed by atoms with Crippen molar-refractivity contribution in [1.82, 2.24) is 69.1 Å². The van der Waals surface area contributed by atoms with Crippen LogP contribution in [-0.4, -0.2) is 154 Å². The fraction of sp³-hybridized carbons (Fsp3) is 0.367. The highest BCUT2D eigenvalue weighted by atomic mass is 16.5. The van der Waals surface area contributed by atoms with E-state index in [9.17, 15) is 4.79 Å². The summed E-state index contributed by atoms with van der Waals surface area (Å²) in [5.41, 5.74) is 19.1. The van der Waals surface area contributed by atoms with E-state index in [0.29, 0.717) is 46.5 Å². The van der Waals surface area contributed by atoms with Crippen molar-refractivity contribution in [2.45, 2.75) is 75.5 Å². The zero-order chi connectivity index (χ0) is 53.8. The lowest BCUT2D eigenvalue weighted by Gasteiger charge is -2.41. The van der Waals surface area contributed by atoms with Crippen LogP contribution in [0.25, 0.3) is 56.0 Å². The van der Waals surface area contributed by atoms with E-state index in [-0.39, 0.29) is 12.1 Å². The number of hydrogen-bond acceptors (Lipinski definition) is 16. The van der Waals surface area contributed by atoms with Crippen molar-refractivity contribution in [3.63, 3.8) is 0 Å². The van der Waals surface area contributed by atoms with Gasteiger partial charge in [-0.2, -0.15) is 10.2 Å². The number of benzene rings is 4. The van der Waals surface area contributed by atoms with Gasteiger partial charge in [-0.05, 0) is 114 Å². The third-order valence-corrected chi connectivity index (χ3v) is 16.5. The predicted octanol–water partition coefficient (Wildman–Crippen LogP) is 9.40. The molecule has 19 heteroatoms. The Morgan fingerprint density at radius 3 is 1.49 bits per heavy atom. The molecule has 2 saturated carbocycles. The Balaban J connectivity index is 0.000000158. The minimum absolute atomic E-state index is 0.267. The molecular formula is C60H68N16O3. The number of anilines is 2. The molecule has 79 heavy (non-hydrogen) atoms. The highest BCUT2D eigenvalue weighted by Gasteiger charge is 2.33. The number of nitrogens with two attached hydrogens (primary N) is 2. The first-order valence-corrected chi connectivity index (χ1v) is 27.8. The molecule has 13 rings (SSSR count). The second kappa shape index (κ2) is 23.1. The summed E-state index contributed by atoms with van der Waals surface area (Å²) in [5.74, 6) is 4.16. The SMILES string of the molecule is CN1CCN(C2CCC(n3nc(-c4cccc(Oc5ccccc5-c5ncc[nH]5)c4)c4c(N)ncnc43)CC2)CC1.CN1CCN(C2CCC(n3nc(-c4cccc(Oc5ccccc5C=O)c4)c4c(N)ncnc43)CC2)CC1. The Kier molecular flexibility index (Phi) is 15.1. The third-order valence-electron chi connectivity index (χ3n) is 16.5. The number of aromatic nitrogens is 10. The third kappa shape index (κ3) is 11.0. The molecule has 5 aromatic heterocycles. The molecular weight excluding hydrogens is 993 g/mol. The number of aromatic amines is 1. The molecule has 2 saturated heterocycles. The lowest BCUT2D eigenvalue weighted by atomic mass is 9.90. The number of likely N-dealkylation sites (N-methyl/N-ethyl adjacent to an activating group) is 2. The minimum atomic E-state index is 0.267. The van der Waals surface area contributed by atoms with E-state index in [2.05, 4.69) is 73.0 Å². The topological polar surface area (TPSA) is 216 Å². The standard InChI is InChI=1S/C31H35N9O.C29H33N7O2/c1-38-15-17-39(18-16-38)22-9-11-23(12-10-22)40-31-27(29(32)35-20-36-31)28(37-40)21-5-4-6-24(19-21)41-26-8-3-2-7-25(26)30-33-13-14-34-30;1-34-13-15-35(16-14-34)22-9-11-23(12-10-22)36-29-26(28(30)31-19-32-29)27(33-36)20-6-4-7-24(17-20)38-25-8-3-2-5-21(25)18-37/h2-8,13-14,19-20,22-23H,9-12,15-18H2,1H3,(H,33,34)(H2,32,35,36);2-8,17-19,22-23H,9-16H2,1H3,(H2,30,31,32). The Morgan fingerprint density at radius 1 is 0.532 bits per heavy atom. The molecule has 0 radical (unpaired) electrons. The number of imidazole rings is 1. The molecule has 9 aromatic rings. The summed E-state index contributed by atoms with van der Waals surface area (Å²) < 4.78 is 16.6. The van der Waals surface area contributed by atoms with Crippen LogP contribution >= 0.6 is 0 Å². The number of nitrogens with one attached hydrogen (secondary N) is 1. The molecule has 0 spiro atoms. The number of carbonyl (C=O) groups is 1. The Labute approximate surface area is 459 Å². The van der Waals surface area contributed by atoms with Gasteiger partial charge in [-0.3, -0.25) is 14.6 Å². The van der Waals surface area contributed by atoms with Gasteiger partial charge in [0.1, 0.15) is 64.5 Å². The summed E-state index contributed by atoms with van der Waals surface area (Å²) in [6.07, 6.45) is 16.3. The molecule has 19 nitrogen and oxygen atoms in total. The number of hydrogen-bond donors (Lipinski definition) is 3. The Morgan fingerprint density at radius 2 is 1.00 bits per heavy atom. The van der Waals surface area contributed by atoms with Crippen molar-refractivity contribution in [2.24, 2.45) is 0 Å². The monoisotopic (exact) mass is 1060 g/mol. The van der Waals surface area contributed by atoms with Crippen molar-refractivity contribution >= 4 is 40.0 Å². The second-order valence-electron chi connectivity index (χ2n) is 21.5. The fourth-order valence-electron chi connectivity index (χ4n) is 12.1. The average molecular weight is 1060 g/mol. The smallest absolute Gasteiger partial charge is 0.164 e. The van der Waals surface area contributed by atoms with Gasteiger partial charge in [0.25, 0.3) is 0 Å². The highest BCUT2D eigenvalue weighted by molar-refractivity contribution is 5.99. The number of fused-ring (bicyclic) bond motifs is 2. The minimum Gasteiger partial charge on any atom is -0.457 e. The maximum Gasteiger partial charge on any atom is 0.164 e. The van der Waals surface area contributed by atoms with Gasteiger partial charge in [-0.25, -0.2) is 34.3 Å². The van der Waals surface area contributed by atoms with Crippen LogP contribution in [0.4, 0.5) is 11.6 Å². The summed E-state index contributed by atoms with van der Waals surface area (Å²) in [6, 6.07) is 32.5. The summed E-state index contributed by atoms with van der Waals surface area (Å²) in [4.78, 5) is 47.1. The van der Waals surface area contributed by atoms with Crippen molar-refractivity contribution in [2.75, 3.05) is 77.9 Å². The number of nitrogens with zero attached hydrogens (tertiary/aromatic N) is 13. The number of aldehydes is 1. The number of rotatable bonds is 12. The van der Waals surface area contributed by atoms with Gasteiger partial charge in [0.05, 0.1) is 34.0 Å². The predicted molar refractivity (Wildman–Crippen MR) is 307 cm³/mol. The van der Waals surface area contributed by atoms with Crippen LogP contribution in [-0.2, 0) is 0 Å². The number of piperazine rings is 2. The normalized spacial score (nSPS) is 20.7. The first-order chi connectivity index (χ1) is 38.7. The van der Waals surface area contributed by atoms with E-state index in [4.69, 9.17) is 31.1 Å². The molecule has 2 aliphatic heterocycles. The lowest BCUT2D eigenvalue weighted by Crippen LogP contribution is -2.49. The second-order valence-corrected chi connectivity index (χ2v) is 21.5. The van der Waals surface area contributed by atoms with Gasteiger partial charge in [0.2, 0.25) is 0 Å². The lowest BCUT2D eigenvalue weighted by molar-refractivity contribution is 0.0815. The van der Waals surface area contributed by atoms with Crippen LogP contribution in [0.5, 0.6) is 23.0 Å². The molecule has 4 aliphatic rings. The molecule has 4 aromatic carbocycles. The Bertz CT molecular complexity index is 3530. The van der Waals surface area contributed by atoms with E-state index >= 15 is 0 Å². The van der Waals surface area contributed by atoms with E-state index in [1.54, 1.807) is 30.9 Å². The molecule has 5 N–H and O–H groups in total. The van der Waals surface area contributed by atoms with E-state index < -0.39 is 0 Å². The molecule has 7 heterocycles. The molecule has 0 bridgehead atoms. The van der Waals surface area contributed by atoms with Crippen molar-refractivity contribution in [3.05, 3.63) is 128 Å². The summed E-state index contributed by atoms with van der Waals surface area (Å²) in [5, 5.41) is 11.8. The van der Waals surface area contributed by atoms with E-state index in [1.807, 2.05) is 84.9 Å². The number of H-pyrrole nitrogens is 1. The van der Waals surface area contributed by atoms with Gasteiger partial charge in [-0.1, -0.05) is 48.5 Å². The molecule has 0 unspecified atom stereocenters. The summed E-state index contributed by atoms with van der Waals surface area (Å²) in [6.45, 7) is 9.23. The van der Waals surface area contributed by atoms with Crippen LogP contribution in [0.15, 0.2) is 122 Å². The van der Waals surface area contributed by atoms with Gasteiger partial charge < -0.3 is 35.7 Å². The number of carbonyl (C=O) groups excluding carboxylic acids is 1. The van der Waals surface area contributed by atoms with E-state index in [1.165, 1.54) is 19.2 Å². The van der Waals surface area contributed by atoms with Crippen LogP contribution in [0.2, 0.25) is 0 Å². The average Bonchev–Trinajstić information content (AvgIpc) is 4.48. The zero-order valence-electron chi connectivity index (χ0n) is 44.9. The van der Waals surface area contributed by atoms with Crippen LogP contribution < -0.4 is 20.9 Å².